The van der Waals surface area contributed by atoms with E-state index in [1.807, 2.05) is 12.1 Å². The number of aromatic nitrogens is 4. The minimum Gasteiger partial charge on any atom is -0.453 e. The Balaban J connectivity index is 1.10. The number of rotatable bonds is 6. The molecule has 64 heavy (non-hydrogen) atoms. The molecule has 13 rings (SSSR count). The van der Waals surface area contributed by atoms with E-state index < -0.39 is 0 Å². The first-order valence-electron chi connectivity index (χ1n) is 21.6. The van der Waals surface area contributed by atoms with Crippen molar-refractivity contribution in [1.29, 1.82) is 0 Å². The fourth-order valence-corrected chi connectivity index (χ4v) is 9.47. The van der Waals surface area contributed by atoms with Crippen LogP contribution in [0.15, 0.2) is 223 Å². The minimum atomic E-state index is 0.571. The highest BCUT2D eigenvalue weighted by molar-refractivity contribution is 6.19. The van der Waals surface area contributed by atoms with Crippen LogP contribution in [0, 0.1) is 0 Å². The monoisotopic (exact) mass is 816 g/mol. The molecule has 0 N–H and O–H groups in total. The van der Waals surface area contributed by atoms with Gasteiger partial charge in [0, 0.05) is 43.6 Å². The summed E-state index contributed by atoms with van der Waals surface area (Å²) in [5.74, 6) is 1.76. The maximum absolute atomic E-state index is 7.11. The molecule has 3 heterocycles. The van der Waals surface area contributed by atoms with Gasteiger partial charge in [0.25, 0.3) is 0 Å². The molecule has 0 saturated heterocycles. The van der Waals surface area contributed by atoms with Crippen molar-refractivity contribution in [3.8, 4) is 62.1 Å². The van der Waals surface area contributed by atoms with Gasteiger partial charge in [0.15, 0.2) is 23.1 Å². The quantitative estimate of drug-likeness (QED) is 0.168. The summed E-state index contributed by atoms with van der Waals surface area (Å²) in [6.45, 7) is 0. The van der Waals surface area contributed by atoms with Gasteiger partial charge in [-0.2, -0.15) is 0 Å². The molecule has 0 radical (unpaired) electrons. The second-order valence-corrected chi connectivity index (χ2v) is 16.4. The molecule has 0 fully saturated rings. The number of para-hydroxylation sites is 1. The lowest BCUT2D eigenvalue weighted by atomic mass is 10.0. The first-order valence-corrected chi connectivity index (χ1v) is 21.6. The summed E-state index contributed by atoms with van der Waals surface area (Å²) in [5.41, 5.74) is 11.9. The SMILES string of the molecule is c1ccc(-c2ccc(-c3nc(-c4cccc(-c5ccccc5)c4)nc(-c4cc(-n5c6ccccc6c6cc7ccccc7cc65)c5oc6c7ccccc7ccc6c5c4)n3)cc2)cc1. The number of benzene rings is 10. The van der Waals surface area contributed by atoms with Crippen molar-refractivity contribution in [1.82, 2.24) is 19.5 Å². The van der Waals surface area contributed by atoms with Crippen LogP contribution in [0.4, 0.5) is 0 Å². The van der Waals surface area contributed by atoms with Gasteiger partial charge >= 0.3 is 0 Å². The van der Waals surface area contributed by atoms with Crippen LogP contribution in [0.3, 0.4) is 0 Å². The average molecular weight is 817 g/mol. The number of nitrogens with zero attached hydrogens (tertiary/aromatic N) is 4. The van der Waals surface area contributed by atoms with Gasteiger partial charge in [-0.05, 0) is 80.9 Å². The predicted molar refractivity (Wildman–Crippen MR) is 264 cm³/mol. The van der Waals surface area contributed by atoms with E-state index in [9.17, 15) is 0 Å². The molecule has 10 aromatic carbocycles. The van der Waals surface area contributed by atoms with Gasteiger partial charge in [-0.3, -0.25) is 0 Å². The predicted octanol–water partition coefficient (Wildman–Crippen LogP) is 15.5. The van der Waals surface area contributed by atoms with Crippen molar-refractivity contribution in [3.05, 3.63) is 218 Å². The Labute approximate surface area is 368 Å². The molecule has 0 amide bonds. The fraction of sp³-hybridized carbons (Fsp3) is 0. The maximum atomic E-state index is 7.11. The number of hydrogen-bond acceptors (Lipinski definition) is 4. The number of fused-ring (bicyclic) bond motifs is 9. The van der Waals surface area contributed by atoms with Crippen molar-refractivity contribution in [2.45, 2.75) is 0 Å². The van der Waals surface area contributed by atoms with E-state index in [1.165, 1.54) is 21.5 Å². The highest BCUT2D eigenvalue weighted by Crippen LogP contribution is 2.43. The fourth-order valence-electron chi connectivity index (χ4n) is 9.47. The molecular weight excluding hydrogens is 781 g/mol. The lowest BCUT2D eigenvalue weighted by molar-refractivity contribution is 0.670. The minimum absolute atomic E-state index is 0.571. The summed E-state index contributed by atoms with van der Waals surface area (Å²) in [5, 5.41) is 8.93. The average Bonchev–Trinajstić information content (AvgIpc) is 3.91. The van der Waals surface area contributed by atoms with E-state index in [2.05, 4.69) is 211 Å². The Hall–Kier alpha value is -8.67. The standard InChI is InChI=1S/C59H36N4O/c1-3-14-37(15-4-1)39-26-28-41(29-27-39)57-60-58(45-22-13-21-42(32-45)38-16-5-2-6-17-38)62-59(61-57)46-34-51-49-31-30-40-18-9-10-23-47(40)55(49)64-56(51)54(36-46)63-52-25-12-11-24-48(52)50-33-43-19-7-8-20-44(43)35-53(50)63/h1-36H. The van der Waals surface area contributed by atoms with Crippen LogP contribution >= 0.6 is 0 Å². The van der Waals surface area contributed by atoms with Crippen LogP contribution in [-0.4, -0.2) is 19.5 Å². The summed E-state index contributed by atoms with van der Waals surface area (Å²) in [6.07, 6.45) is 0. The number of hydrogen-bond donors (Lipinski definition) is 0. The van der Waals surface area contributed by atoms with Crippen LogP contribution in [0.5, 0.6) is 0 Å². The molecule has 0 unspecified atom stereocenters. The zero-order valence-corrected chi connectivity index (χ0v) is 34.5. The van der Waals surface area contributed by atoms with Crippen molar-refractivity contribution in [2.24, 2.45) is 0 Å². The third kappa shape index (κ3) is 5.90. The summed E-state index contributed by atoms with van der Waals surface area (Å²) in [7, 11) is 0. The van der Waals surface area contributed by atoms with Crippen LogP contribution < -0.4 is 0 Å². The molecule has 0 bridgehead atoms. The van der Waals surface area contributed by atoms with Gasteiger partial charge in [0.05, 0.1) is 16.7 Å². The van der Waals surface area contributed by atoms with Gasteiger partial charge in [-0.25, -0.2) is 15.0 Å². The third-order valence-electron chi connectivity index (χ3n) is 12.6. The smallest absolute Gasteiger partial charge is 0.164 e. The van der Waals surface area contributed by atoms with Crippen molar-refractivity contribution < 1.29 is 4.42 Å². The Morgan fingerprint density at radius 1 is 0.281 bits per heavy atom. The Kier molecular flexibility index (Phi) is 8.15. The molecule has 0 aliphatic heterocycles. The maximum Gasteiger partial charge on any atom is 0.164 e. The molecule has 0 aliphatic carbocycles. The molecule has 0 atom stereocenters. The largest absolute Gasteiger partial charge is 0.453 e. The lowest BCUT2D eigenvalue weighted by Gasteiger charge is -2.13. The summed E-state index contributed by atoms with van der Waals surface area (Å²) < 4.78 is 9.48. The highest BCUT2D eigenvalue weighted by atomic mass is 16.3. The van der Waals surface area contributed by atoms with E-state index in [-0.39, 0.29) is 0 Å². The van der Waals surface area contributed by atoms with Gasteiger partial charge in [0.1, 0.15) is 5.58 Å². The summed E-state index contributed by atoms with van der Waals surface area (Å²) >= 11 is 0. The number of furan rings is 1. The first-order chi connectivity index (χ1) is 31.7. The molecule has 5 nitrogen and oxygen atoms in total. The molecule has 5 heteroatoms. The molecule has 298 valence electrons. The zero-order valence-electron chi connectivity index (χ0n) is 34.5. The van der Waals surface area contributed by atoms with E-state index in [0.717, 1.165) is 88.4 Å². The van der Waals surface area contributed by atoms with Gasteiger partial charge in [0.2, 0.25) is 0 Å². The van der Waals surface area contributed by atoms with Crippen molar-refractivity contribution in [3.63, 3.8) is 0 Å². The molecule has 13 aromatic rings. The van der Waals surface area contributed by atoms with E-state index in [1.54, 1.807) is 0 Å². The zero-order chi connectivity index (χ0) is 42.1. The van der Waals surface area contributed by atoms with Crippen LogP contribution in [0.25, 0.3) is 127 Å². The van der Waals surface area contributed by atoms with Gasteiger partial charge in [-0.15, -0.1) is 0 Å². The molecule has 0 spiro atoms. The second-order valence-electron chi connectivity index (χ2n) is 16.4. The second kappa shape index (κ2) is 14.5. The lowest BCUT2D eigenvalue weighted by Crippen LogP contribution is -2.02. The topological polar surface area (TPSA) is 56.7 Å². The van der Waals surface area contributed by atoms with Gasteiger partial charge in [-0.1, -0.05) is 176 Å². The van der Waals surface area contributed by atoms with Gasteiger partial charge < -0.3 is 8.98 Å². The molecule has 0 aliphatic rings. The van der Waals surface area contributed by atoms with E-state index in [0.29, 0.717) is 17.5 Å². The Morgan fingerprint density at radius 3 is 1.61 bits per heavy atom. The molecule has 3 aromatic heterocycles. The molecular formula is C59H36N4O. The van der Waals surface area contributed by atoms with Crippen LogP contribution in [0.1, 0.15) is 0 Å². The third-order valence-corrected chi connectivity index (χ3v) is 12.6. The normalized spacial score (nSPS) is 11.8. The van der Waals surface area contributed by atoms with Crippen LogP contribution in [0.2, 0.25) is 0 Å². The van der Waals surface area contributed by atoms with E-state index in [4.69, 9.17) is 19.4 Å². The highest BCUT2D eigenvalue weighted by Gasteiger charge is 2.23. The van der Waals surface area contributed by atoms with E-state index >= 15 is 0 Å². The Morgan fingerprint density at radius 2 is 0.844 bits per heavy atom. The molecule has 0 saturated carbocycles. The Bertz CT molecular complexity index is 3940. The summed E-state index contributed by atoms with van der Waals surface area (Å²) in [6, 6.07) is 76.9. The van der Waals surface area contributed by atoms with Crippen molar-refractivity contribution in [2.75, 3.05) is 0 Å². The first kappa shape index (κ1) is 36.0. The van der Waals surface area contributed by atoms with Crippen molar-refractivity contribution >= 4 is 65.3 Å². The van der Waals surface area contributed by atoms with Crippen LogP contribution in [-0.2, 0) is 0 Å². The summed E-state index contributed by atoms with van der Waals surface area (Å²) in [4.78, 5) is 15.9.